The van der Waals surface area contributed by atoms with Crippen molar-refractivity contribution in [2.45, 2.75) is 25.7 Å². The Morgan fingerprint density at radius 3 is 2.27 bits per heavy atom. The number of aromatic nitrogens is 1. The first-order valence-electron chi connectivity index (χ1n) is 6.68. The predicted octanol–water partition coefficient (Wildman–Crippen LogP) is 3.20. The van der Waals surface area contributed by atoms with Crippen molar-refractivity contribution < 1.29 is 17.9 Å². The molecule has 22 heavy (non-hydrogen) atoms. The Kier molecular flexibility index (Phi) is 4.63. The van der Waals surface area contributed by atoms with Crippen molar-refractivity contribution in [2.75, 3.05) is 6.61 Å². The largest absolute Gasteiger partial charge is 0.462 e. The average Bonchev–Trinajstić information content (AvgIpc) is 2.71. The van der Waals surface area contributed by atoms with Gasteiger partial charge in [0.1, 0.15) is 10.5 Å². The van der Waals surface area contributed by atoms with Crippen LogP contribution in [0.5, 0.6) is 0 Å². The van der Waals surface area contributed by atoms with Gasteiger partial charge in [0.2, 0.25) is 0 Å². The van der Waals surface area contributed by atoms with E-state index < -0.39 is 15.0 Å². The number of nitrogens with zero attached hydrogens (tertiary/aromatic N) is 1. The van der Waals surface area contributed by atoms with Gasteiger partial charge in [-0.3, -0.25) is 0 Å². The van der Waals surface area contributed by atoms with Gasteiger partial charge in [0.25, 0.3) is 9.05 Å². The lowest BCUT2D eigenvalue weighted by molar-refractivity contribution is 0.0521. The third-order valence-electron chi connectivity index (χ3n) is 3.33. The molecule has 0 saturated carbocycles. The van der Waals surface area contributed by atoms with Crippen LogP contribution >= 0.6 is 10.7 Å². The number of esters is 1. The zero-order valence-electron chi connectivity index (χ0n) is 12.5. The monoisotopic (exact) mass is 341 g/mol. The molecule has 0 atom stereocenters. The average molecular weight is 342 g/mol. The molecule has 0 fully saturated rings. The molecule has 2 aromatic rings. The number of carbonyl (C=O) groups is 1. The summed E-state index contributed by atoms with van der Waals surface area (Å²) in [6.07, 6.45) is 0. The molecule has 0 bridgehead atoms. The molecule has 0 saturated heterocycles. The number of carbonyl (C=O) groups excluding carboxylic acids is 1. The van der Waals surface area contributed by atoms with Crippen molar-refractivity contribution in [3.63, 3.8) is 0 Å². The molecule has 0 aliphatic heterocycles. The summed E-state index contributed by atoms with van der Waals surface area (Å²) in [6, 6.07) is 9.14. The highest BCUT2D eigenvalue weighted by atomic mass is 35.7. The van der Waals surface area contributed by atoms with Crippen LogP contribution in [0.25, 0.3) is 5.69 Å². The highest BCUT2D eigenvalue weighted by Gasteiger charge is 2.31. The van der Waals surface area contributed by atoms with Crippen molar-refractivity contribution in [2.24, 2.45) is 0 Å². The quantitative estimate of drug-likeness (QED) is 0.632. The topological polar surface area (TPSA) is 65.4 Å². The molecule has 118 valence electrons. The number of ether oxygens (including phenoxy) is 1. The van der Waals surface area contributed by atoms with E-state index in [2.05, 4.69) is 0 Å². The Labute approximate surface area is 133 Å². The smallest absolute Gasteiger partial charge is 0.341 e. The fourth-order valence-corrected chi connectivity index (χ4v) is 4.00. The standard InChI is InChI=1S/C15H16ClNO4S/c1-4-21-15(18)13-10(2)17(12-8-6-5-7-9-12)11(3)14(13)22(16,19)20/h5-9H,4H2,1-3H3. The van der Waals surface area contributed by atoms with Crippen LogP contribution < -0.4 is 0 Å². The highest BCUT2D eigenvalue weighted by Crippen LogP contribution is 2.32. The van der Waals surface area contributed by atoms with Crippen LogP contribution in [0.3, 0.4) is 0 Å². The van der Waals surface area contributed by atoms with E-state index >= 15 is 0 Å². The molecule has 5 nitrogen and oxygen atoms in total. The lowest BCUT2D eigenvalue weighted by atomic mass is 10.2. The van der Waals surface area contributed by atoms with E-state index in [9.17, 15) is 13.2 Å². The van der Waals surface area contributed by atoms with Crippen molar-refractivity contribution in [1.29, 1.82) is 0 Å². The van der Waals surface area contributed by atoms with E-state index in [1.165, 1.54) is 0 Å². The van der Waals surface area contributed by atoms with E-state index in [4.69, 9.17) is 15.4 Å². The van der Waals surface area contributed by atoms with E-state index in [0.29, 0.717) is 11.4 Å². The lowest BCUT2D eigenvalue weighted by Crippen LogP contribution is -2.09. The second kappa shape index (κ2) is 6.14. The molecule has 0 unspecified atom stereocenters. The first-order valence-corrected chi connectivity index (χ1v) is 8.99. The van der Waals surface area contributed by atoms with E-state index in [1.54, 1.807) is 25.3 Å². The summed E-state index contributed by atoms with van der Waals surface area (Å²) in [4.78, 5) is 12.0. The van der Waals surface area contributed by atoms with Gasteiger partial charge >= 0.3 is 5.97 Å². The molecule has 0 spiro atoms. The summed E-state index contributed by atoms with van der Waals surface area (Å²) >= 11 is 0. The van der Waals surface area contributed by atoms with Gasteiger partial charge < -0.3 is 9.30 Å². The second-order valence-electron chi connectivity index (χ2n) is 4.70. The number of benzene rings is 1. The van der Waals surface area contributed by atoms with Crippen LogP contribution in [0.4, 0.5) is 0 Å². The van der Waals surface area contributed by atoms with Gasteiger partial charge in [0, 0.05) is 27.8 Å². The van der Waals surface area contributed by atoms with Crippen LogP contribution in [0.1, 0.15) is 28.7 Å². The minimum absolute atomic E-state index is 0.0156. The van der Waals surface area contributed by atoms with Gasteiger partial charge in [0.05, 0.1) is 6.61 Å². The first-order chi connectivity index (χ1) is 10.3. The van der Waals surface area contributed by atoms with Crippen LogP contribution in [0, 0.1) is 13.8 Å². The third-order valence-corrected chi connectivity index (χ3v) is 4.78. The van der Waals surface area contributed by atoms with E-state index in [-0.39, 0.29) is 17.1 Å². The number of hydrogen-bond acceptors (Lipinski definition) is 4. The van der Waals surface area contributed by atoms with E-state index in [0.717, 1.165) is 5.69 Å². The van der Waals surface area contributed by atoms with Gasteiger partial charge in [-0.2, -0.15) is 0 Å². The van der Waals surface area contributed by atoms with Crippen LogP contribution in [-0.4, -0.2) is 25.6 Å². The Morgan fingerprint density at radius 1 is 1.18 bits per heavy atom. The Bertz CT molecular complexity index is 810. The molecule has 1 aromatic heterocycles. The molecule has 0 amide bonds. The summed E-state index contributed by atoms with van der Waals surface area (Å²) in [6.45, 7) is 5.08. The number of hydrogen-bond donors (Lipinski definition) is 0. The summed E-state index contributed by atoms with van der Waals surface area (Å²) in [5, 5.41) is 0. The molecule has 2 rings (SSSR count). The molecular formula is C15H16ClNO4S. The zero-order chi connectivity index (χ0) is 16.5. The normalized spacial score (nSPS) is 11.5. The van der Waals surface area contributed by atoms with Gasteiger partial charge in [0.15, 0.2) is 0 Å². The van der Waals surface area contributed by atoms with Crippen LogP contribution in [0.2, 0.25) is 0 Å². The minimum Gasteiger partial charge on any atom is -0.462 e. The fraction of sp³-hybridized carbons (Fsp3) is 0.267. The fourth-order valence-electron chi connectivity index (χ4n) is 2.52. The Morgan fingerprint density at radius 2 is 1.77 bits per heavy atom. The van der Waals surface area contributed by atoms with Crippen molar-refractivity contribution in [1.82, 2.24) is 4.57 Å². The van der Waals surface area contributed by atoms with Crippen molar-refractivity contribution in [3.05, 3.63) is 47.3 Å². The molecule has 0 aliphatic carbocycles. The zero-order valence-corrected chi connectivity index (χ0v) is 14.0. The second-order valence-corrected chi connectivity index (χ2v) is 7.21. The van der Waals surface area contributed by atoms with Gasteiger partial charge in [-0.25, -0.2) is 13.2 Å². The molecule has 0 radical (unpaired) electrons. The summed E-state index contributed by atoms with van der Waals surface area (Å²) in [7, 11) is 1.45. The molecule has 0 N–H and O–H groups in total. The molecule has 7 heteroatoms. The van der Waals surface area contributed by atoms with Crippen LogP contribution in [-0.2, 0) is 13.8 Å². The molecular weight excluding hydrogens is 326 g/mol. The van der Waals surface area contributed by atoms with Crippen LogP contribution in [0.15, 0.2) is 35.2 Å². The Hall–Kier alpha value is -1.79. The van der Waals surface area contributed by atoms with E-state index in [1.807, 2.05) is 30.3 Å². The SMILES string of the molecule is CCOC(=O)c1c(S(=O)(=O)Cl)c(C)n(-c2ccccc2)c1C. The summed E-state index contributed by atoms with van der Waals surface area (Å²) in [5.41, 5.74) is 1.58. The number of rotatable bonds is 4. The highest BCUT2D eigenvalue weighted by molar-refractivity contribution is 8.13. The number of para-hydroxylation sites is 1. The maximum absolute atomic E-state index is 12.2. The van der Waals surface area contributed by atoms with Gasteiger partial charge in [-0.1, -0.05) is 18.2 Å². The first kappa shape index (κ1) is 16.6. The van der Waals surface area contributed by atoms with Crippen molar-refractivity contribution in [3.8, 4) is 5.69 Å². The summed E-state index contributed by atoms with van der Waals surface area (Å²) in [5.74, 6) is -0.697. The molecule has 1 aromatic carbocycles. The predicted molar refractivity (Wildman–Crippen MR) is 84.2 cm³/mol. The minimum atomic E-state index is -4.09. The summed E-state index contributed by atoms with van der Waals surface area (Å²) < 4.78 is 30.5. The lowest BCUT2D eigenvalue weighted by Gasteiger charge is -2.09. The van der Waals surface area contributed by atoms with Gasteiger partial charge in [-0.15, -0.1) is 0 Å². The Balaban J connectivity index is 2.82. The molecule has 0 aliphatic rings. The maximum atomic E-state index is 12.2. The molecule has 1 heterocycles. The third kappa shape index (κ3) is 2.89. The maximum Gasteiger partial charge on any atom is 0.341 e. The number of halogens is 1. The van der Waals surface area contributed by atoms with Gasteiger partial charge in [-0.05, 0) is 32.9 Å². The van der Waals surface area contributed by atoms with Crippen molar-refractivity contribution >= 4 is 25.7 Å².